The number of hydrogen-bond acceptors (Lipinski definition) is 5. The van der Waals surface area contributed by atoms with E-state index >= 15 is 0 Å². The molecule has 0 aliphatic carbocycles. The molecule has 134 valence electrons. The minimum absolute atomic E-state index is 0.0119. The molecule has 0 bridgehead atoms. The summed E-state index contributed by atoms with van der Waals surface area (Å²) in [5.41, 5.74) is 0. The maximum absolute atomic E-state index is 12.8. The van der Waals surface area contributed by atoms with Crippen molar-refractivity contribution >= 4 is 17.7 Å². The summed E-state index contributed by atoms with van der Waals surface area (Å²) in [5, 5.41) is 3.36. The normalized spacial score (nSPS) is 17.5. The van der Waals surface area contributed by atoms with Crippen LogP contribution in [0.2, 0.25) is 0 Å². The highest BCUT2D eigenvalue weighted by Crippen LogP contribution is 2.25. The number of carbonyl (C=O) groups is 1. The lowest BCUT2D eigenvalue weighted by molar-refractivity contribution is -0.131. The molecule has 2 aromatic rings. The maximum Gasteiger partial charge on any atom is 0.233 e. The molecular formula is C18H24N4O2S. The summed E-state index contributed by atoms with van der Waals surface area (Å²) < 4.78 is 7.43. The number of imidazole rings is 1. The Kier molecular flexibility index (Phi) is 5.99. The first kappa shape index (κ1) is 17.8. The topological polar surface area (TPSA) is 59.4 Å². The molecule has 1 aromatic carbocycles. The van der Waals surface area contributed by atoms with Gasteiger partial charge in [0.1, 0.15) is 17.6 Å². The molecular weight excluding hydrogens is 336 g/mol. The van der Waals surface area contributed by atoms with Crippen molar-refractivity contribution in [3.05, 3.63) is 42.5 Å². The van der Waals surface area contributed by atoms with E-state index in [1.54, 1.807) is 18.0 Å². The van der Waals surface area contributed by atoms with E-state index in [4.69, 9.17) is 4.74 Å². The molecule has 3 rings (SSSR count). The standard InChI is InChI=1S/C18H24N4O2S/c1-3-24-14-4-6-15(7-5-14)25-13-17(23)22-11-8-19-12-16(22)18-20-9-10-21(18)2/h4-7,9-10,16,19H,3,8,11-13H2,1-2H3. The van der Waals surface area contributed by atoms with Gasteiger partial charge in [0.25, 0.3) is 0 Å². The Labute approximate surface area is 152 Å². The molecule has 1 unspecified atom stereocenters. The monoisotopic (exact) mass is 360 g/mol. The van der Waals surface area contributed by atoms with Crippen LogP contribution in [0.5, 0.6) is 5.75 Å². The van der Waals surface area contributed by atoms with Gasteiger partial charge in [-0.15, -0.1) is 11.8 Å². The molecule has 25 heavy (non-hydrogen) atoms. The van der Waals surface area contributed by atoms with E-state index in [9.17, 15) is 4.79 Å². The van der Waals surface area contributed by atoms with Crippen LogP contribution < -0.4 is 10.1 Å². The Morgan fingerprint density at radius 1 is 1.40 bits per heavy atom. The summed E-state index contributed by atoms with van der Waals surface area (Å²) >= 11 is 1.56. The fourth-order valence-electron chi connectivity index (χ4n) is 2.96. The molecule has 1 N–H and O–H groups in total. The number of aryl methyl sites for hydroxylation is 1. The van der Waals surface area contributed by atoms with Gasteiger partial charge in [-0.2, -0.15) is 0 Å². The fourth-order valence-corrected chi connectivity index (χ4v) is 3.74. The second kappa shape index (κ2) is 8.40. The second-order valence-electron chi connectivity index (χ2n) is 5.90. The molecule has 0 saturated carbocycles. The van der Waals surface area contributed by atoms with Gasteiger partial charge in [-0.3, -0.25) is 4.79 Å². The minimum atomic E-state index is -0.0119. The first-order valence-corrected chi connectivity index (χ1v) is 9.50. The number of ether oxygens (including phenoxy) is 1. The second-order valence-corrected chi connectivity index (χ2v) is 6.95. The molecule has 0 spiro atoms. The molecule has 2 heterocycles. The van der Waals surface area contributed by atoms with Crippen LogP contribution in [0.4, 0.5) is 0 Å². The summed E-state index contributed by atoms with van der Waals surface area (Å²) in [7, 11) is 1.97. The van der Waals surface area contributed by atoms with Crippen LogP contribution in [-0.2, 0) is 11.8 Å². The van der Waals surface area contributed by atoms with Crippen molar-refractivity contribution in [3.8, 4) is 5.75 Å². The van der Waals surface area contributed by atoms with Gasteiger partial charge in [0.15, 0.2) is 0 Å². The number of benzene rings is 1. The third-order valence-electron chi connectivity index (χ3n) is 4.22. The number of nitrogens with zero attached hydrogens (tertiary/aromatic N) is 3. The highest BCUT2D eigenvalue weighted by molar-refractivity contribution is 8.00. The van der Waals surface area contributed by atoms with Crippen molar-refractivity contribution in [1.29, 1.82) is 0 Å². The van der Waals surface area contributed by atoms with Gasteiger partial charge < -0.3 is 19.5 Å². The van der Waals surface area contributed by atoms with Crippen molar-refractivity contribution < 1.29 is 9.53 Å². The minimum Gasteiger partial charge on any atom is -0.494 e. The molecule has 1 atom stereocenters. The fraction of sp³-hybridized carbons (Fsp3) is 0.444. The van der Waals surface area contributed by atoms with Crippen molar-refractivity contribution in [1.82, 2.24) is 19.8 Å². The van der Waals surface area contributed by atoms with Gasteiger partial charge in [0.2, 0.25) is 5.91 Å². The zero-order valence-electron chi connectivity index (χ0n) is 14.6. The predicted molar refractivity (Wildman–Crippen MR) is 98.9 cm³/mol. The Hall–Kier alpha value is -1.99. The number of thioether (sulfide) groups is 1. The highest BCUT2D eigenvalue weighted by atomic mass is 32.2. The van der Waals surface area contributed by atoms with Gasteiger partial charge >= 0.3 is 0 Å². The number of hydrogen-bond donors (Lipinski definition) is 1. The maximum atomic E-state index is 12.8. The van der Waals surface area contributed by atoms with Crippen LogP contribution in [0.1, 0.15) is 18.8 Å². The lowest BCUT2D eigenvalue weighted by Crippen LogP contribution is -2.50. The first-order chi connectivity index (χ1) is 12.2. The van der Waals surface area contributed by atoms with E-state index in [2.05, 4.69) is 10.3 Å². The van der Waals surface area contributed by atoms with Crippen LogP contribution in [0.3, 0.4) is 0 Å². The molecule has 1 fully saturated rings. The van der Waals surface area contributed by atoms with Crippen LogP contribution in [-0.4, -0.2) is 52.4 Å². The molecule has 1 aliphatic heterocycles. The molecule has 6 nitrogen and oxygen atoms in total. The molecule has 1 amide bonds. The number of rotatable bonds is 6. The van der Waals surface area contributed by atoms with E-state index < -0.39 is 0 Å². The predicted octanol–water partition coefficient (Wildman–Crippen LogP) is 2.08. The SMILES string of the molecule is CCOc1ccc(SCC(=O)N2CCNCC2c2nccn2C)cc1. The van der Waals surface area contributed by atoms with Gasteiger partial charge in [-0.1, -0.05) is 0 Å². The lowest BCUT2D eigenvalue weighted by Gasteiger charge is -2.35. The molecule has 7 heteroatoms. The van der Waals surface area contributed by atoms with E-state index in [1.165, 1.54) is 0 Å². The number of nitrogens with one attached hydrogen (secondary N) is 1. The Balaban J connectivity index is 1.62. The summed E-state index contributed by atoms with van der Waals surface area (Å²) in [6.07, 6.45) is 3.70. The van der Waals surface area contributed by atoms with Crippen LogP contribution >= 0.6 is 11.8 Å². The van der Waals surface area contributed by atoms with Crippen LogP contribution in [0.15, 0.2) is 41.6 Å². The molecule has 1 saturated heterocycles. The molecule has 1 aromatic heterocycles. The molecule has 0 radical (unpaired) electrons. The van der Waals surface area contributed by atoms with E-state index in [-0.39, 0.29) is 11.9 Å². The zero-order chi connectivity index (χ0) is 17.6. The first-order valence-electron chi connectivity index (χ1n) is 8.52. The van der Waals surface area contributed by atoms with Crippen LogP contribution in [0.25, 0.3) is 0 Å². The highest BCUT2D eigenvalue weighted by Gasteiger charge is 2.30. The van der Waals surface area contributed by atoms with Crippen molar-refractivity contribution in [3.63, 3.8) is 0 Å². The quantitative estimate of drug-likeness (QED) is 0.800. The summed E-state index contributed by atoms with van der Waals surface area (Å²) in [5.74, 6) is 2.35. The summed E-state index contributed by atoms with van der Waals surface area (Å²) in [6, 6.07) is 7.87. The smallest absolute Gasteiger partial charge is 0.233 e. The molecule has 1 aliphatic rings. The van der Waals surface area contributed by atoms with Gasteiger partial charge in [-0.25, -0.2) is 4.98 Å². The average molecular weight is 360 g/mol. The largest absolute Gasteiger partial charge is 0.494 e. The number of amides is 1. The Bertz CT molecular complexity index is 701. The van der Waals surface area contributed by atoms with Crippen molar-refractivity contribution in [2.24, 2.45) is 7.05 Å². The van der Waals surface area contributed by atoms with Crippen molar-refractivity contribution in [2.75, 3.05) is 32.0 Å². The third kappa shape index (κ3) is 4.35. The van der Waals surface area contributed by atoms with Gasteiger partial charge in [-0.05, 0) is 31.2 Å². The van der Waals surface area contributed by atoms with Crippen LogP contribution in [0, 0.1) is 0 Å². The lowest BCUT2D eigenvalue weighted by atomic mass is 10.1. The van der Waals surface area contributed by atoms with Gasteiger partial charge in [0.05, 0.1) is 12.4 Å². The van der Waals surface area contributed by atoms with E-state index in [0.717, 1.165) is 29.6 Å². The Morgan fingerprint density at radius 2 is 2.20 bits per heavy atom. The van der Waals surface area contributed by atoms with Gasteiger partial charge in [0, 0.05) is 44.0 Å². The number of aromatic nitrogens is 2. The summed E-state index contributed by atoms with van der Waals surface area (Å²) in [4.78, 5) is 20.2. The average Bonchev–Trinajstić information content (AvgIpc) is 3.07. The number of carbonyl (C=O) groups excluding carboxylic acids is 1. The van der Waals surface area contributed by atoms with Crippen molar-refractivity contribution in [2.45, 2.75) is 17.9 Å². The van der Waals surface area contributed by atoms with E-state index in [0.29, 0.717) is 18.9 Å². The zero-order valence-corrected chi connectivity index (χ0v) is 15.5. The third-order valence-corrected chi connectivity index (χ3v) is 5.21. The Morgan fingerprint density at radius 3 is 2.88 bits per heavy atom. The van der Waals surface area contributed by atoms with E-state index in [1.807, 2.05) is 53.9 Å². The number of piperazine rings is 1. The summed E-state index contributed by atoms with van der Waals surface area (Å²) in [6.45, 7) is 4.89.